The molecule has 1 heteroatoms. The molecule has 0 atom stereocenters. The third-order valence-corrected chi connectivity index (χ3v) is 10.9. The lowest BCUT2D eigenvalue weighted by molar-refractivity contribution is 1.30. The Morgan fingerprint density at radius 2 is 0.725 bits per heavy atom. The van der Waals surface area contributed by atoms with E-state index in [0.717, 1.165) is 11.4 Å². The maximum atomic E-state index is 2.45. The van der Waals surface area contributed by atoms with Crippen LogP contribution < -0.4 is 4.90 Å². The highest BCUT2D eigenvalue weighted by molar-refractivity contribution is 6.26. The lowest BCUT2D eigenvalue weighted by atomic mass is 9.78. The minimum atomic E-state index is 1.13. The molecule has 10 aromatic rings. The van der Waals surface area contributed by atoms with E-state index in [9.17, 15) is 0 Å². The number of hydrogen-bond donors (Lipinski definition) is 0. The number of nitrogens with zero attached hydrogens (tertiary/aromatic N) is 1. The Hall–Kier alpha value is -6.70. The smallest absolute Gasteiger partial charge is 0.0540 e. The van der Waals surface area contributed by atoms with Crippen LogP contribution >= 0.6 is 0 Å². The van der Waals surface area contributed by atoms with E-state index in [0.29, 0.717) is 0 Å². The first kappa shape index (κ1) is 28.2. The van der Waals surface area contributed by atoms with E-state index >= 15 is 0 Å². The van der Waals surface area contributed by atoms with Crippen molar-refractivity contribution in [3.8, 4) is 33.4 Å². The van der Waals surface area contributed by atoms with Crippen molar-refractivity contribution in [3.05, 3.63) is 188 Å². The average molecular weight is 646 g/mol. The van der Waals surface area contributed by atoms with Crippen LogP contribution in [-0.4, -0.2) is 0 Å². The summed E-state index contributed by atoms with van der Waals surface area (Å²) < 4.78 is 0. The molecule has 0 fully saturated rings. The van der Waals surface area contributed by atoms with Crippen LogP contribution in [0.5, 0.6) is 0 Å². The molecule has 11 rings (SSSR count). The second-order valence-corrected chi connectivity index (χ2v) is 13.7. The van der Waals surface area contributed by atoms with Gasteiger partial charge in [-0.25, -0.2) is 0 Å². The zero-order valence-corrected chi connectivity index (χ0v) is 27.8. The van der Waals surface area contributed by atoms with E-state index in [-0.39, 0.29) is 0 Å². The van der Waals surface area contributed by atoms with Gasteiger partial charge in [0.1, 0.15) is 0 Å². The summed E-state index contributed by atoms with van der Waals surface area (Å²) in [5.41, 5.74) is 11.2. The molecule has 0 saturated heterocycles. The molecular formula is C50H31N. The SMILES string of the molecule is c1ccc(-c2ccc(N(c3ccc4c5ccccc5c5ccccc5c4c3)c3cccc4cc5c(cc34)-c3cc4ccccc4cc3-5)cc2)cc1. The van der Waals surface area contributed by atoms with Gasteiger partial charge < -0.3 is 4.90 Å². The zero-order valence-electron chi connectivity index (χ0n) is 27.8. The van der Waals surface area contributed by atoms with Crippen molar-refractivity contribution in [2.45, 2.75) is 0 Å². The molecule has 236 valence electrons. The van der Waals surface area contributed by atoms with E-state index in [1.807, 2.05) is 0 Å². The molecule has 0 N–H and O–H groups in total. The van der Waals surface area contributed by atoms with Crippen LogP contribution in [0.3, 0.4) is 0 Å². The third-order valence-electron chi connectivity index (χ3n) is 10.9. The van der Waals surface area contributed by atoms with Crippen molar-refractivity contribution in [3.63, 3.8) is 0 Å². The summed E-state index contributed by atoms with van der Waals surface area (Å²) in [6, 6.07) is 69.3. The van der Waals surface area contributed by atoms with Gasteiger partial charge in [0.2, 0.25) is 0 Å². The van der Waals surface area contributed by atoms with Crippen LogP contribution in [-0.2, 0) is 0 Å². The molecule has 0 unspecified atom stereocenters. The van der Waals surface area contributed by atoms with Gasteiger partial charge in [-0.05, 0) is 136 Å². The second kappa shape index (κ2) is 10.9. The van der Waals surface area contributed by atoms with E-state index in [1.165, 1.54) is 92.9 Å². The van der Waals surface area contributed by atoms with Gasteiger partial charge in [0, 0.05) is 16.8 Å². The van der Waals surface area contributed by atoms with Crippen molar-refractivity contribution in [2.24, 2.45) is 0 Å². The predicted octanol–water partition coefficient (Wildman–Crippen LogP) is 14.2. The minimum absolute atomic E-state index is 1.13. The first-order valence-corrected chi connectivity index (χ1v) is 17.7. The molecule has 0 aliphatic heterocycles. The highest BCUT2D eigenvalue weighted by atomic mass is 15.1. The number of anilines is 3. The summed E-state index contributed by atoms with van der Waals surface area (Å²) in [6.45, 7) is 0. The van der Waals surface area contributed by atoms with Crippen molar-refractivity contribution in [1.29, 1.82) is 0 Å². The molecule has 1 nitrogen and oxygen atoms in total. The fourth-order valence-corrected chi connectivity index (χ4v) is 8.47. The van der Waals surface area contributed by atoms with Crippen LogP contribution in [0.1, 0.15) is 0 Å². The minimum Gasteiger partial charge on any atom is -0.310 e. The Labute approximate surface area is 296 Å². The fraction of sp³-hybridized carbons (Fsp3) is 0. The molecule has 10 aromatic carbocycles. The van der Waals surface area contributed by atoms with E-state index in [4.69, 9.17) is 0 Å². The molecule has 51 heavy (non-hydrogen) atoms. The zero-order chi connectivity index (χ0) is 33.5. The summed E-state index contributed by atoms with van der Waals surface area (Å²) in [4.78, 5) is 2.45. The van der Waals surface area contributed by atoms with Gasteiger partial charge in [0.25, 0.3) is 0 Å². The topological polar surface area (TPSA) is 3.24 Å². The second-order valence-electron chi connectivity index (χ2n) is 13.7. The Morgan fingerprint density at radius 3 is 1.37 bits per heavy atom. The molecule has 0 amide bonds. The van der Waals surface area contributed by atoms with Crippen LogP contribution in [0.15, 0.2) is 188 Å². The maximum Gasteiger partial charge on any atom is 0.0540 e. The summed E-state index contributed by atoms with van der Waals surface area (Å²) in [5.74, 6) is 0. The van der Waals surface area contributed by atoms with Crippen molar-refractivity contribution in [2.75, 3.05) is 4.90 Å². The highest BCUT2D eigenvalue weighted by Crippen LogP contribution is 2.52. The lowest BCUT2D eigenvalue weighted by Gasteiger charge is -2.30. The van der Waals surface area contributed by atoms with E-state index in [2.05, 4.69) is 193 Å². The molecule has 0 aromatic heterocycles. The fourth-order valence-electron chi connectivity index (χ4n) is 8.47. The normalized spacial score (nSPS) is 11.9. The molecule has 0 saturated carbocycles. The van der Waals surface area contributed by atoms with E-state index in [1.54, 1.807) is 0 Å². The monoisotopic (exact) mass is 645 g/mol. The maximum absolute atomic E-state index is 2.45. The van der Waals surface area contributed by atoms with Crippen LogP contribution in [0, 0.1) is 0 Å². The van der Waals surface area contributed by atoms with Gasteiger partial charge in [0.15, 0.2) is 0 Å². The van der Waals surface area contributed by atoms with Crippen LogP contribution in [0.2, 0.25) is 0 Å². The first-order chi connectivity index (χ1) is 25.3. The van der Waals surface area contributed by atoms with Crippen LogP contribution in [0.4, 0.5) is 17.1 Å². The largest absolute Gasteiger partial charge is 0.310 e. The standard InChI is InChI=1S/C50H31N/c1-2-11-32(12-3-1)33-21-23-37(24-22-33)51(38-25-26-43-41-18-7-6-16-39(41)40-17-8-9-19-42(40)48(43)30-38)50-20-10-15-36-29-47-45-27-34-13-4-5-14-35(34)28-46(45)49(47)31-44(36)50/h1-31H. The quantitative estimate of drug-likeness (QED) is 0.172. The molecule has 1 aliphatic rings. The molecule has 0 spiro atoms. The van der Waals surface area contributed by atoms with Gasteiger partial charge >= 0.3 is 0 Å². The lowest BCUT2D eigenvalue weighted by Crippen LogP contribution is -2.11. The number of benzene rings is 10. The Balaban J connectivity index is 1.15. The number of hydrogen-bond acceptors (Lipinski definition) is 1. The molecular weight excluding hydrogens is 615 g/mol. The molecule has 0 heterocycles. The van der Waals surface area contributed by atoms with Crippen LogP contribution in [0.25, 0.3) is 87.2 Å². The van der Waals surface area contributed by atoms with Crippen molar-refractivity contribution >= 4 is 70.9 Å². The van der Waals surface area contributed by atoms with Gasteiger partial charge in [-0.3, -0.25) is 0 Å². The molecule has 1 aliphatic carbocycles. The summed E-state index contributed by atoms with van der Waals surface area (Å²) in [7, 11) is 0. The third kappa shape index (κ3) is 4.28. The van der Waals surface area contributed by atoms with Gasteiger partial charge in [-0.1, -0.05) is 133 Å². The average Bonchev–Trinajstić information content (AvgIpc) is 3.20. The van der Waals surface area contributed by atoms with Gasteiger partial charge in [0.05, 0.1) is 5.69 Å². The summed E-state index contributed by atoms with van der Waals surface area (Å²) in [5, 5.41) is 12.7. The van der Waals surface area contributed by atoms with Crippen molar-refractivity contribution in [1.82, 2.24) is 0 Å². The summed E-state index contributed by atoms with van der Waals surface area (Å²) >= 11 is 0. The first-order valence-electron chi connectivity index (χ1n) is 17.7. The van der Waals surface area contributed by atoms with Gasteiger partial charge in [-0.2, -0.15) is 0 Å². The predicted molar refractivity (Wildman–Crippen MR) is 219 cm³/mol. The van der Waals surface area contributed by atoms with Crippen molar-refractivity contribution < 1.29 is 0 Å². The Kier molecular flexibility index (Phi) is 6.02. The number of rotatable bonds is 4. The van der Waals surface area contributed by atoms with Gasteiger partial charge in [-0.15, -0.1) is 0 Å². The molecule has 0 bridgehead atoms. The highest BCUT2D eigenvalue weighted by Gasteiger charge is 2.25. The summed E-state index contributed by atoms with van der Waals surface area (Å²) in [6.07, 6.45) is 0. The van der Waals surface area contributed by atoms with E-state index < -0.39 is 0 Å². The number of fused-ring (bicyclic) bond motifs is 12. The molecule has 0 radical (unpaired) electrons. The Morgan fingerprint density at radius 1 is 0.255 bits per heavy atom. The Bertz CT molecular complexity index is 2980.